The highest BCUT2D eigenvalue weighted by Gasteiger charge is 2.22. The number of rotatable bonds is 8. The average molecular weight is 391 g/mol. The first-order valence-electron chi connectivity index (χ1n) is 8.69. The molecule has 0 spiro atoms. The summed E-state index contributed by atoms with van der Waals surface area (Å²) >= 11 is 1.51. The van der Waals surface area contributed by atoms with Gasteiger partial charge in [0, 0.05) is 17.5 Å². The first kappa shape index (κ1) is 18.9. The lowest BCUT2D eigenvalue weighted by Gasteiger charge is -2.24. The van der Waals surface area contributed by atoms with Crippen molar-refractivity contribution in [1.29, 1.82) is 0 Å². The third-order valence-electron chi connectivity index (χ3n) is 4.49. The standard InChI is InChI=1S/C19H22N2O3S2/c22-19(21-26(23,24)12-10-15-7-4-8-15)17-9-11-20-18(13-17)25-14-16-5-2-1-3-6-16/h1-3,5-6,9,11,13,15H,4,7-8,10,12,14H2,(H,21,22). The van der Waals surface area contributed by atoms with Gasteiger partial charge in [-0.15, -0.1) is 11.8 Å². The number of thioether (sulfide) groups is 1. The number of hydrogen-bond donors (Lipinski definition) is 1. The summed E-state index contributed by atoms with van der Waals surface area (Å²) in [6, 6.07) is 13.1. The van der Waals surface area contributed by atoms with Gasteiger partial charge in [0.25, 0.3) is 5.91 Å². The van der Waals surface area contributed by atoms with Crippen molar-refractivity contribution in [3.05, 3.63) is 59.8 Å². The van der Waals surface area contributed by atoms with Crippen LogP contribution >= 0.6 is 11.8 Å². The Hall–Kier alpha value is -1.86. The molecule has 1 amide bonds. The molecule has 1 aliphatic rings. The zero-order chi connectivity index (χ0) is 18.4. The largest absolute Gasteiger partial charge is 0.268 e. The summed E-state index contributed by atoms with van der Waals surface area (Å²) in [5.41, 5.74) is 1.47. The van der Waals surface area contributed by atoms with Gasteiger partial charge in [-0.05, 0) is 30.0 Å². The van der Waals surface area contributed by atoms with E-state index in [0.29, 0.717) is 22.9 Å². The van der Waals surface area contributed by atoms with Gasteiger partial charge in [-0.2, -0.15) is 0 Å². The molecule has 1 N–H and O–H groups in total. The van der Waals surface area contributed by atoms with Crippen molar-refractivity contribution in [2.75, 3.05) is 5.75 Å². The predicted molar refractivity (Wildman–Crippen MR) is 103 cm³/mol. The highest BCUT2D eigenvalue weighted by molar-refractivity contribution is 7.98. The third kappa shape index (κ3) is 5.57. The molecular formula is C19H22N2O3S2. The SMILES string of the molecule is O=C(NS(=O)(=O)CCC1CCC1)c1ccnc(SCc2ccccc2)c1. The zero-order valence-corrected chi connectivity index (χ0v) is 16.1. The average Bonchev–Trinajstić information content (AvgIpc) is 2.59. The van der Waals surface area contributed by atoms with Gasteiger partial charge in [-0.25, -0.2) is 18.1 Å². The first-order valence-corrected chi connectivity index (χ1v) is 11.3. The number of benzene rings is 1. The second kappa shape index (κ2) is 8.68. The van der Waals surface area contributed by atoms with E-state index in [0.717, 1.165) is 24.2 Å². The van der Waals surface area contributed by atoms with Crippen LogP contribution in [-0.2, 0) is 15.8 Å². The summed E-state index contributed by atoms with van der Waals surface area (Å²) in [5.74, 6) is 0.633. The Morgan fingerprint density at radius 3 is 2.65 bits per heavy atom. The minimum Gasteiger partial charge on any atom is -0.268 e. The van der Waals surface area contributed by atoms with Crippen molar-refractivity contribution in [3.8, 4) is 0 Å². The number of pyridine rings is 1. The molecule has 1 heterocycles. The number of hydrogen-bond acceptors (Lipinski definition) is 5. The van der Waals surface area contributed by atoms with Gasteiger partial charge in [-0.3, -0.25) is 4.79 Å². The molecule has 1 aromatic heterocycles. The van der Waals surface area contributed by atoms with Crippen molar-refractivity contribution in [2.45, 2.75) is 36.5 Å². The van der Waals surface area contributed by atoms with E-state index in [4.69, 9.17) is 0 Å². The molecule has 0 atom stereocenters. The number of sulfonamides is 1. The summed E-state index contributed by atoms with van der Waals surface area (Å²) in [4.78, 5) is 16.5. The molecule has 5 nitrogen and oxygen atoms in total. The quantitative estimate of drug-likeness (QED) is 0.697. The highest BCUT2D eigenvalue weighted by Crippen LogP contribution is 2.29. The van der Waals surface area contributed by atoms with E-state index in [1.165, 1.54) is 30.4 Å². The topological polar surface area (TPSA) is 76.1 Å². The van der Waals surface area contributed by atoms with Crippen LogP contribution in [0.5, 0.6) is 0 Å². The van der Waals surface area contributed by atoms with Gasteiger partial charge in [0.15, 0.2) is 0 Å². The Balaban J connectivity index is 1.56. The number of carbonyl (C=O) groups is 1. The van der Waals surface area contributed by atoms with Crippen LogP contribution in [0.15, 0.2) is 53.7 Å². The number of aromatic nitrogens is 1. The van der Waals surface area contributed by atoms with Gasteiger partial charge in [0.1, 0.15) is 0 Å². The van der Waals surface area contributed by atoms with Gasteiger partial charge in [0.2, 0.25) is 10.0 Å². The van der Waals surface area contributed by atoms with E-state index in [-0.39, 0.29) is 5.75 Å². The molecule has 2 aromatic rings. The molecule has 0 aliphatic heterocycles. The fourth-order valence-corrected chi connectivity index (χ4v) is 4.71. The Kier molecular flexibility index (Phi) is 6.32. The fourth-order valence-electron chi connectivity index (χ4n) is 2.72. The molecule has 3 rings (SSSR count). The summed E-state index contributed by atoms with van der Waals surface area (Å²) in [6.45, 7) is 0. The Bertz CT molecular complexity index is 850. The van der Waals surface area contributed by atoms with Crippen LogP contribution in [-0.4, -0.2) is 25.1 Å². The Morgan fingerprint density at radius 2 is 1.96 bits per heavy atom. The van der Waals surface area contributed by atoms with E-state index < -0.39 is 15.9 Å². The summed E-state index contributed by atoms with van der Waals surface area (Å²) in [5, 5.41) is 0.688. The van der Waals surface area contributed by atoms with Crippen LogP contribution in [0.1, 0.15) is 41.6 Å². The molecule has 0 saturated heterocycles. The van der Waals surface area contributed by atoms with Crippen LogP contribution in [0.2, 0.25) is 0 Å². The zero-order valence-electron chi connectivity index (χ0n) is 14.4. The normalized spacial score (nSPS) is 14.6. The molecule has 1 fully saturated rings. The molecule has 7 heteroatoms. The lowest BCUT2D eigenvalue weighted by Crippen LogP contribution is -2.33. The monoisotopic (exact) mass is 390 g/mol. The minimum absolute atomic E-state index is 0.00407. The van der Waals surface area contributed by atoms with E-state index >= 15 is 0 Å². The summed E-state index contributed by atoms with van der Waals surface area (Å²) in [7, 11) is -3.60. The van der Waals surface area contributed by atoms with Gasteiger partial charge in [0.05, 0.1) is 10.8 Å². The number of carbonyl (C=O) groups excluding carboxylic acids is 1. The van der Waals surface area contributed by atoms with Crippen LogP contribution in [0, 0.1) is 5.92 Å². The first-order chi connectivity index (χ1) is 12.5. The minimum atomic E-state index is -3.60. The second-order valence-corrected chi connectivity index (χ2v) is 9.33. The van der Waals surface area contributed by atoms with E-state index in [1.807, 2.05) is 30.3 Å². The molecular weight excluding hydrogens is 368 g/mol. The van der Waals surface area contributed by atoms with Crippen LogP contribution in [0.3, 0.4) is 0 Å². The van der Waals surface area contributed by atoms with Crippen molar-refractivity contribution < 1.29 is 13.2 Å². The maximum Gasteiger partial charge on any atom is 0.264 e. The molecule has 138 valence electrons. The van der Waals surface area contributed by atoms with Crippen LogP contribution in [0.25, 0.3) is 0 Å². The molecule has 1 aromatic carbocycles. The van der Waals surface area contributed by atoms with Crippen LogP contribution < -0.4 is 4.72 Å². The van der Waals surface area contributed by atoms with Gasteiger partial charge < -0.3 is 0 Å². The maximum absolute atomic E-state index is 12.3. The summed E-state index contributed by atoms with van der Waals surface area (Å²) in [6.07, 6.45) is 5.52. The molecule has 0 radical (unpaired) electrons. The lowest BCUT2D eigenvalue weighted by molar-refractivity contribution is 0.0981. The fraction of sp³-hybridized carbons (Fsp3) is 0.368. The highest BCUT2D eigenvalue weighted by atomic mass is 32.2. The Labute approximate surface area is 158 Å². The lowest BCUT2D eigenvalue weighted by atomic mass is 9.84. The molecule has 1 aliphatic carbocycles. The van der Waals surface area contributed by atoms with Crippen molar-refractivity contribution >= 4 is 27.7 Å². The smallest absolute Gasteiger partial charge is 0.264 e. The van der Waals surface area contributed by atoms with Gasteiger partial charge in [-0.1, -0.05) is 49.6 Å². The molecule has 0 bridgehead atoms. The third-order valence-corrected chi connectivity index (χ3v) is 6.76. The predicted octanol–water partition coefficient (Wildman–Crippen LogP) is 3.62. The molecule has 0 unspecified atom stereocenters. The van der Waals surface area contributed by atoms with Crippen molar-refractivity contribution in [3.63, 3.8) is 0 Å². The number of amides is 1. The van der Waals surface area contributed by atoms with Crippen molar-refractivity contribution in [2.24, 2.45) is 5.92 Å². The summed E-state index contributed by atoms with van der Waals surface area (Å²) < 4.78 is 26.4. The molecule has 1 saturated carbocycles. The van der Waals surface area contributed by atoms with Crippen LogP contribution in [0.4, 0.5) is 0 Å². The second-order valence-electron chi connectivity index (χ2n) is 6.49. The molecule has 26 heavy (non-hydrogen) atoms. The van der Waals surface area contributed by atoms with E-state index in [2.05, 4.69) is 9.71 Å². The van der Waals surface area contributed by atoms with Crippen molar-refractivity contribution in [1.82, 2.24) is 9.71 Å². The van der Waals surface area contributed by atoms with Gasteiger partial charge >= 0.3 is 0 Å². The van der Waals surface area contributed by atoms with E-state index in [1.54, 1.807) is 6.07 Å². The number of nitrogens with one attached hydrogen (secondary N) is 1. The maximum atomic E-state index is 12.3. The number of nitrogens with zero attached hydrogens (tertiary/aromatic N) is 1. The Morgan fingerprint density at radius 1 is 1.19 bits per heavy atom. The van der Waals surface area contributed by atoms with E-state index in [9.17, 15) is 13.2 Å².